The monoisotopic (exact) mass is 252 g/mol. The van der Waals surface area contributed by atoms with Crippen molar-refractivity contribution in [1.82, 2.24) is 10.6 Å². The number of urea groups is 1. The summed E-state index contributed by atoms with van der Waals surface area (Å²) in [4.78, 5) is 11.2. The van der Waals surface area contributed by atoms with E-state index in [1.807, 2.05) is 0 Å². The maximum Gasteiger partial charge on any atom is 0.315 e. The molecule has 15 heavy (non-hydrogen) atoms. The molecule has 1 aliphatic heterocycles. The molecule has 0 aromatic carbocycles. The van der Waals surface area contributed by atoms with Gasteiger partial charge in [-0.25, -0.2) is 13.2 Å². The Labute approximate surface area is 93.8 Å². The molecule has 86 valence electrons. The Balaban J connectivity index is 2.46. The Morgan fingerprint density at radius 1 is 1.53 bits per heavy atom. The first-order valence-corrected chi connectivity index (χ1v) is 6.70. The summed E-state index contributed by atoms with van der Waals surface area (Å²) < 4.78 is 22.3. The first-order chi connectivity index (χ1) is 6.94. The number of carbonyl (C=O) groups is 1. The van der Waals surface area contributed by atoms with Gasteiger partial charge in [0.05, 0.1) is 22.9 Å². The van der Waals surface area contributed by atoms with Crippen molar-refractivity contribution in [2.45, 2.75) is 11.4 Å². The van der Waals surface area contributed by atoms with Crippen molar-refractivity contribution in [2.24, 2.45) is 0 Å². The molecule has 7 heteroatoms. The molecule has 1 heterocycles. The van der Waals surface area contributed by atoms with Crippen LogP contribution in [0.2, 0.25) is 0 Å². The summed E-state index contributed by atoms with van der Waals surface area (Å²) in [6, 6.07) is -0.941. The van der Waals surface area contributed by atoms with Crippen LogP contribution in [0.4, 0.5) is 4.79 Å². The zero-order valence-electron chi connectivity index (χ0n) is 8.07. The molecule has 1 rings (SSSR count). The number of nitrogens with one attached hydrogen (secondary N) is 2. The molecule has 0 radical (unpaired) electrons. The van der Waals surface area contributed by atoms with Crippen LogP contribution in [0.1, 0.15) is 0 Å². The fourth-order valence-electron chi connectivity index (χ4n) is 1.32. The molecule has 0 aromatic rings. The van der Waals surface area contributed by atoms with E-state index in [0.717, 1.165) is 0 Å². The summed E-state index contributed by atoms with van der Waals surface area (Å²) in [5.41, 5.74) is 0. The van der Waals surface area contributed by atoms with Crippen LogP contribution in [-0.4, -0.2) is 43.9 Å². The standard InChI is InChI=1S/C8H13ClN2O3S/c1-2-3-10-8(12)11-7-5-15(13,14)4-6(7)9/h2,6-7H,1,3-5H2,(H2,10,11,12). The maximum absolute atomic E-state index is 11.2. The summed E-state index contributed by atoms with van der Waals surface area (Å²) in [6.45, 7) is 3.77. The fraction of sp³-hybridized carbons (Fsp3) is 0.625. The number of halogens is 1. The highest BCUT2D eigenvalue weighted by atomic mass is 35.5. The van der Waals surface area contributed by atoms with Crippen LogP contribution in [0.25, 0.3) is 0 Å². The van der Waals surface area contributed by atoms with Gasteiger partial charge in [0, 0.05) is 6.54 Å². The largest absolute Gasteiger partial charge is 0.335 e. The zero-order chi connectivity index (χ0) is 11.5. The van der Waals surface area contributed by atoms with Crippen LogP contribution in [0.5, 0.6) is 0 Å². The topological polar surface area (TPSA) is 75.3 Å². The highest BCUT2D eigenvalue weighted by Gasteiger charge is 2.37. The van der Waals surface area contributed by atoms with E-state index in [1.165, 1.54) is 6.08 Å². The van der Waals surface area contributed by atoms with Gasteiger partial charge in [0.2, 0.25) is 0 Å². The van der Waals surface area contributed by atoms with Gasteiger partial charge in [0.1, 0.15) is 0 Å². The molecular weight excluding hydrogens is 240 g/mol. The Bertz CT molecular complexity index is 355. The second kappa shape index (κ2) is 4.85. The number of hydrogen-bond acceptors (Lipinski definition) is 3. The first kappa shape index (κ1) is 12.3. The Morgan fingerprint density at radius 2 is 2.20 bits per heavy atom. The summed E-state index contributed by atoms with van der Waals surface area (Å²) >= 11 is 5.80. The number of sulfone groups is 1. The van der Waals surface area contributed by atoms with E-state index in [0.29, 0.717) is 6.54 Å². The minimum Gasteiger partial charge on any atom is -0.335 e. The van der Waals surface area contributed by atoms with Crippen molar-refractivity contribution < 1.29 is 13.2 Å². The normalized spacial score (nSPS) is 28.3. The van der Waals surface area contributed by atoms with E-state index in [4.69, 9.17) is 11.6 Å². The minimum absolute atomic E-state index is 0.0824. The molecule has 0 spiro atoms. The Kier molecular flexibility index (Phi) is 3.98. The molecule has 1 saturated heterocycles. The maximum atomic E-state index is 11.2. The quantitative estimate of drug-likeness (QED) is 0.543. The average Bonchev–Trinajstić information content (AvgIpc) is 2.36. The fourth-order valence-corrected chi connectivity index (χ4v) is 3.87. The SMILES string of the molecule is C=CCNC(=O)NC1CS(=O)(=O)CC1Cl. The van der Waals surface area contributed by atoms with Gasteiger partial charge in [-0.3, -0.25) is 0 Å². The van der Waals surface area contributed by atoms with E-state index in [9.17, 15) is 13.2 Å². The van der Waals surface area contributed by atoms with E-state index >= 15 is 0 Å². The molecule has 2 atom stereocenters. The number of carbonyl (C=O) groups excluding carboxylic acids is 1. The van der Waals surface area contributed by atoms with Crippen molar-refractivity contribution in [2.75, 3.05) is 18.1 Å². The van der Waals surface area contributed by atoms with Crippen molar-refractivity contribution in [3.05, 3.63) is 12.7 Å². The third kappa shape index (κ3) is 3.71. The van der Waals surface area contributed by atoms with Gasteiger partial charge in [-0.05, 0) is 0 Å². The third-order valence-electron chi connectivity index (χ3n) is 2.01. The van der Waals surface area contributed by atoms with E-state index in [2.05, 4.69) is 17.2 Å². The molecule has 0 aromatic heterocycles. The molecule has 2 amide bonds. The van der Waals surface area contributed by atoms with Crippen molar-refractivity contribution in [1.29, 1.82) is 0 Å². The Morgan fingerprint density at radius 3 is 2.67 bits per heavy atom. The van der Waals surface area contributed by atoms with Gasteiger partial charge in [-0.2, -0.15) is 0 Å². The first-order valence-electron chi connectivity index (χ1n) is 4.44. The predicted octanol–water partition coefficient (Wildman–Crippen LogP) is -0.124. The van der Waals surface area contributed by atoms with Crippen molar-refractivity contribution in [3.63, 3.8) is 0 Å². The van der Waals surface area contributed by atoms with Crippen LogP contribution in [0.15, 0.2) is 12.7 Å². The third-order valence-corrected chi connectivity index (χ3v) is 4.38. The smallest absolute Gasteiger partial charge is 0.315 e. The van der Waals surface area contributed by atoms with Crippen LogP contribution < -0.4 is 10.6 Å². The number of rotatable bonds is 3. The van der Waals surface area contributed by atoms with Crippen LogP contribution in [0, 0.1) is 0 Å². The average molecular weight is 253 g/mol. The molecule has 5 nitrogen and oxygen atoms in total. The number of hydrogen-bond donors (Lipinski definition) is 2. The Hall–Kier alpha value is -0.750. The van der Waals surface area contributed by atoms with Gasteiger partial charge >= 0.3 is 6.03 Å². The highest BCUT2D eigenvalue weighted by molar-refractivity contribution is 7.91. The molecule has 2 unspecified atom stereocenters. The summed E-state index contributed by atoms with van der Waals surface area (Å²) in [5, 5.41) is 4.44. The van der Waals surface area contributed by atoms with Crippen molar-refractivity contribution in [3.8, 4) is 0 Å². The van der Waals surface area contributed by atoms with Gasteiger partial charge in [0.25, 0.3) is 0 Å². The second-order valence-electron chi connectivity index (χ2n) is 3.34. The molecule has 2 N–H and O–H groups in total. The van der Waals surface area contributed by atoms with Gasteiger partial charge in [-0.15, -0.1) is 18.2 Å². The molecule has 0 saturated carbocycles. The van der Waals surface area contributed by atoms with Crippen molar-refractivity contribution >= 4 is 27.5 Å². The lowest BCUT2D eigenvalue weighted by atomic mass is 10.2. The van der Waals surface area contributed by atoms with Crippen LogP contribution >= 0.6 is 11.6 Å². The van der Waals surface area contributed by atoms with E-state index in [-0.39, 0.29) is 11.5 Å². The molecule has 1 fully saturated rings. The molecule has 0 bridgehead atoms. The lowest BCUT2D eigenvalue weighted by Gasteiger charge is -2.14. The second-order valence-corrected chi connectivity index (χ2v) is 6.06. The van der Waals surface area contributed by atoms with Gasteiger partial charge in [0.15, 0.2) is 9.84 Å². The summed E-state index contributed by atoms with van der Waals surface area (Å²) in [5.74, 6) is -0.177. The lowest BCUT2D eigenvalue weighted by Crippen LogP contribution is -2.46. The highest BCUT2D eigenvalue weighted by Crippen LogP contribution is 2.17. The summed E-state index contributed by atoms with van der Waals surface area (Å²) in [7, 11) is -3.11. The predicted molar refractivity (Wildman–Crippen MR) is 58.8 cm³/mol. The molecule has 1 aliphatic rings. The minimum atomic E-state index is -3.11. The number of alkyl halides is 1. The van der Waals surface area contributed by atoms with Gasteiger partial charge in [-0.1, -0.05) is 6.08 Å². The summed E-state index contributed by atoms with van der Waals surface area (Å²) in [6.07, 6.45) is 1.53. The van der Waals surface area contributed by atoms with Crippen LogP contribution in [-0.2, 0) is 9.84 Å². The zero-order valence-corrected chi connectivity index (χ0v) is 9.64. The number of amides is 2. The molecule has 0 aliphatic carbocycles. The van der Waals surface area contributed by atoms with Gasteiger partial charge < -0.3 is 10.6 Å². The van der Waals surface area contributed by atoms with Crippen LogP contribution in [0.3, 0.4) is 0 Å². The van der Waals surface area contributed by atoms with E-state index < -0.39 is 27.3 Å². The molecular formula is C8H13ClN2O3S. The van der Waals surface area contributed by atoms with E-state index in [1.54, 1.807) is 0 Å². The lowest BCUT2D eigenvalue weighted by molar-refractivity contribution is 0.239.